The Morgan fingerprint density at radius 2 is 2.05 bits per heavy atom. The molecule has 0 spiro atoms. The molecule has 1 aliphatic carbocycles. The maximum atomic E-state index is 13.4. The van der Waals surface area contributed by atoms with E-state index in [1.165, 1.54) is 12.1 Å². The molecule has 0 bridgehead atoms. The number of aliphatic hydroxyl groups is 1. The van der Waals surface area contributed by atoms with Crippen LogP contribution in [0.5, 0.6) is 0 Å². The van der Waals surface area contributed by atoms with Gasteiger partial charge in [-0.25, -0.2) is 4.39 Å². The molecule has 0 radical (unpaired) electrons. The van der Waals surface area contributed by atoms with Crippen molar-refractivity contribution in [3.8, 4) is 0 Å². The summed E-state index contributed by atoms with van der Waals surface area (Å²) in [6, 6.07) is 6.05. The lowest BCUT2D eigenvalue weighted by molar-refractivity contribution is -0.115. The summed E-state index contributed by atoms with van der Waals surface area (Å²) in [7, 11) is 0. The van der Waals surface area contributed by atoms with Crippen LogP contribution >= 0.6 is 0 Å². The summed E-state index contributed by atoms with van der Waals surface area (Å²) in [5.74, 6) is -0.103. The molecule has 1 aromatic rings. The van der Waals surface area contributed by atoms with Crippen LogP contribution in [0.25, 0.3) is 0 Å². The average Bonchev–Trinajstić information content (AvgIpc) is 2.45. The first kappa shape index (κ1) is 15.9. The number of carbonyl (C=O) groups excluding carboxylic acids is 1. The summed E-state index contributed by atoms with van der Waals surface area (Å²) in [5, 5.41) is 15.9. The summed E-state index contributed by atoms with van der Waals surface area (Å²) in [6.07, 6.45) is 3.55. The van der Waals surface area contributed by atoms with Gasteiger partial charge in [0.2, 0.25) is 5.91 Å². The summed E-state index contributed by atoms with van der Waals surface area (Å²) in [5.41, 5.74) is -0.542. The Bertz CT molecular complexity index is 485. The number of rotatable bonds is 5. The summed E-state index contributed by atoms with van der Waals surface area (Å²) < 4.78 is 13.4. The van der Waals surface area contributed by atoms with Crippen molar-refractivity contribution in [2.75, 3.05) is 18.4 Å². The van der Waals surface area contributed by atoms with Gasteiger partial charge >= 0.3 is 0 Å². The number of amides is 1. The fourth-order valence-corrected chi connectivity index (χ4v) is 2.64. The van der Waals surface area contributed by atoms with Crippen molar-refractivity contribution in [3.05, 3.63) is 30.1 Å². The molecule has 0 aromatic heterocycles. The van der Waals surface area contributed by atoms with Gasteiger partial charge in [-0.15, -0.1) is 0 Å². The average molecular weight is 294 g/mol. The highest BCUT2D eigenvalue weighted by molar-refractivity contribution is 5.92. The molecule has 5 heteroatoms. The second-order valence-corrected chi connectivity index (χ2v) is 6.04. The van der Waals surface area contributed by atoms with Crippen LogP contribution in [0.4, 0.5) is 10.1 Å². The molecule has 1 aliphatic rings. The topological polar surface area (TPSA) is 61.4 Å². The lowest BCUT2D eigenvalue weighted by atomic mass is 9.79. The molecule has 0 atom stereocenters. The quantitative estimate of drug-likeness (QED) is 0.781. The van der Waals surface area contributed by atoms with Gasteiger partial charge in [0.15, 0.2) is 0 Å². The van der Waals surface area contributed by atoms with Crippen LogP contribution in [0.2, 0.25) is 0 Å². The van der Waals surface area contributed by atoms with Crippen LogP contribution in [-0.2, 0) is 4.79 Å². The zero-order chi connectivity index (χ0) is 15.3. The largest absolute Gasteiger partial charge is 0.389 e. The molecular weight excluding hydrogens is 271 g/mol. The van der Waals surface area contributed by atoms with Crippen LogP contribution in [0.1, 0.15) is 32.6 Å². The van der Waals surface area contributed by atoms with E-state index >= 15 is 0 Å². The number of para-hydroxylation sites is 1. The maximum absolute atomic E-state index is 13.4. The normalized spacial score (nSPS) is 25.6. The lowest BCUT2D eigenvalue weighted by Crippen LogP contribution is -2.45. The Morgan fingerprint density at radius 1 is 1.38 bits per heavy atom. The first-order valence-electron chi connectivity index (χ1n) is 7.46. The molecule has 1 saturated carbocycles. The van der Waals surface area contributed by atoms with E-state index in [9.17, 15) is 14.3 Å². The molecule has 3 N–H and O–H groups in total. The van der Waals surface area contributed by atoms with Crippen molar-refractivity contribution in [1.82, 2.24) is 5.32 Å². The van der Waals surface area contributed by atoms with Gasteiger partial charge in [-0.2, -0.15) is 0 Å². The number of nitrogens with one attached hydrogen (secondary N) is 2. The Balaban J connectivity index is 1.73. The molecule has 1 aromatic carbocycles. The van der Waals surface area contributed by atoms with E-state index in [1.54, 1.807) is 12.1 Å². The molecule has 0 heterocycles. The first-order chi connectivity index (χ1) is 9.98. The van der Waals surface area contributed by atoms with Gasteiger partial charge in [0, 0.05) is 6.54 Å². The fourth-order valence-electron chi connectivity index (χ4n) is 2.64. The number of anilines is 1. The number of hydrogen-bond donors (Lipinski definition) is 3. The van der Waals surface area contributed by atoms with E-state index in [2.05, 4.69) is 17.6 Å². The number of hydrogen-bond acceptors (Lipinski definition) is 3. The van der Waals surface area contributed by atoms with Crippen LogP contribution in [0.15, 0.2) is 24.3 Å². The highest BCUT2D eigenvalue weighted by Crippen LogP contribution is 2.31. The third kappa shape index (κ3) is 4.79. The van der Waals surface area contributed by atoms with Gasteiger partial charge in [-0.3, -0.25) is 4.79 Å². The van der Waals surface area contributed by atoms with E-state index in [0.717, 1.165) is 25.7 Å². The second kappa shape index (κ2) is 7.00. The van der Waals surface area contributed by atoms with Crippen molar-refractivity contribution < 1.29 is 14.3 Å². The third-order valence-electron chi connectivity index (χ3n) is 4.09. The van der Waals surface area contributed by atoms with Crippen LogP contribution in [0.3, 0.4) is 0 Å². The van der Waals surface area contributed by atoms with Gasteiger partial charge in [0.25, 0.3) is 0 Å². The molecule has 0 unspecified atom stereocenters. The van der Waals surface area contributed by atoms with E-state index in [1.807, 2.05) is 0 Å². The number of carbonyl (C=O) groups is 1. The van der Waals surface area contributed by atoms with E-state index < -0.39 is 11.4 Å². The Labute approximate surface area is 124 Å². The van der Waals surface area contributed by atoms with Gasteiger partial charge in [0.05, 0.1) is 17.8 Å². The molecule has 21 heavy (non-hydrogen) atoms. The first-order valence-corrected chi connectivity index (χ1v) is 7.46. The Kier molecular flexibility index (Phi) is 5.31. The highest BCUT2D eigenvalue weighted by Gasteiger charge is 2.31. The van der Waals surface area contributed by atoms with Gasteiger partial charge in [0.1, 0.15) is 5.82 Å². The van der Waals surface area contributed by atoms with E-state index in [4.69, 9.17) is 0 Å². The Hall–Kier alpha value is -1.46. The molecule has 1 amide bonds. The van der Waals surface area contributed by atoms with Crippen molar-refractivity contribution in [3.63, 3.8) is 0 Å². The van der Waals surface area contributed by atoms with Crippen molar-refractivity contribution >= 4 is 11.6 Å². The van der Waals surface area contributed by atoms with Gasteiger partial charge in [-0.1, -0.05) is 19.1 Å². The molecule has 0 saturated heterocycles. The molecule has 1 fully saturated rings. The van der Waals surface area contributed by atoms with Crippen molar-refractivity contribution in [2.45, 2.75) is 38.2 Å². The van der Waals surface area contributed by atoms with Crippen LogP contribution < -0.4 is 10.6 Å². The van der Waals surface area contributed by atoms with Gasteiger partial charge in [-0.05, 0) is 43.7 Å². The molecule has 2 rings (SSSR count). The molecule has 0 aliphatic heterocycles. The minimum Gasteiger partial charge on any atom is -0.389 e. The van der Waals surface area contributed by atoms with Crippen molar-refractivity contribution in [2.24, 2.45) is 5.92 Å². The van der Waals surface area contributed by atoms with Crippen molar-refractivity contribution in [1.29, 1.82) is 0 Å². The molecule has 4 nitrogen and oxygen atoms in total. The maximum Gasteiger partial charge on any atom is 0.238 e. The van der Waals surface area contributed by atoms with Crippen LogP contribution in [-0.4, -0.2) is 29.7 Å². The van der Waals surface area contributed by atoms with E-state index in [0.29, 0.717) is 12.5 Å². The highest BCUT2D eigenvalue weighted by atomic mass is 19.1. The zero-order valence-electron chi connectivity index (χ0n) is 12.4. The minimum absolute atomic E-state index is 0.0617. The minimum atomic E-state index is -0.717. The van der Waals surface area contributed by atoms with E-state index in [-0.39, 0.29) is 18.1 Å². The lowest BCUT2D eigenvalue weighted by Gasteiger charge is -2.35. The smallest absolute Gasteiger partial charge is 0.238 e. The van der Waals surface area contributed by atoms with Gasteiger partial charge < -0.3 is 15.7 Å². The second-order valence-electron chi connectivity index (χ2n) is 6.04. The predicted molar refractivity (Wildman–Crippen MR) is 80.5 cm³/mol. The van der Waals surface area contributed by atoms with Crippen LogP contribution in [0, 0.1) is 11.7 Å². The number of halogens is 1. The Morgan fingerprint density at radius 3 is 2.71 bits per heavy atom. The third-order valence-corrected chi connectivity index (χ3v) is 4.09. The molecular formula is C16H23FN2O2. The monoisotopic (exact) mass is 294 g/mol. The fraction of sp³-hybridized carbons (Fsp3) is 0.562. The summed E-state index contributed by atoms with van der Waals surface area (Å²) in [6.45, 7) is 2.64. The predicted octanol–water partition coefficient (Wildman–Crippen LogP) is 2.29. The zero-order valence-corrected chi connectivity index (χ0v) is 12.4. The summed E-state index contributed by atoms with van der Waals surface area (Å²) >= 11 is 0. The SMILES string of the molecule is CC1CCC(O)(CNCC(=O)Nc2ccccc2F)CC1. The summed E-state index contributed by atoms with van der Waals surface area (Å²) in [4.78, 5) is 11.7. The standard InChI is InChI=1S/C16H23FN2O2/c1-12-6-8-16(21,9-7-12)11-18-10-15(20)19-14-5-3-2-4-13(14)17/h2-5,12,18,21H,6-11H2,1H3,(H,19,20). The molecule has 116 valence electrons. The number of benzene rings is 1.